The quantitative estimate of drug-likeness (QED) is 0.255. The molecule has 19 heavy (non-hydrogen) atoms. The Labute approximate surface area is 115 Å². The van der Waals surface area contributed by atoms with Crippen molar-refractivity contribution in [2.75, 3.05) is 6.61 Å². The molecule has 0 atom stereocenters. The van der Waals surface area contributed by atoms with Crippen molar-refractivity contribution in [3.05, 3.63) is 0 Å². The first-order valence-corrected chi connectivity index (χ1v) is 7.35. The largest absolute Gasteiger partial charge is 0.219 e. The predicted octanol–water partition coefficient (Wildman–Crippen LogP) is 4.51. The molecule has 0 aliphatic heterocycles. The standard InChI is InChI=1S/C13H28O6/c1-2-3-4-5-6-7-8-9-10-11-12-13-15-17-19-18-16-14/h14H,2-13H2,1H3. The third kappa shape index (κ3) is 17.8. The van der Waals surface area contributed by atoms with Crippen molar-refractivity contribution in [1.82, 2.24) is 0 Å². The van der Waals surface area contributed by atoms with Gasteiger partial charge in [-0.25, -0.2) is 10.1 Å². The van der Waals surface area contributed by atoms with Gasteiger partial charge in [0.05, 0.1) is 6.61 Å². The Hall–Kier alpha value is -0.240. The summed E-state index contributed by atoms with van der Waals surface area (Å²) in [6.45, 7) is 2.67. The lowest BCUT2D eigenvalue weighted by molar-refractivity contribution is -0.753. The molecule has 0 aromatic carbocycles. The highest BCUT2D eigenvalue weighted by Crippen LogP contribution is 2.11. The predicted molar refractivity (Wildman–Crippen MR) is 69.4 cm³/mol. The molecule has 0 amide bonds. The van der Waals surface area contributed by atoms with Gasteiger partial charge in [-0.15, -0.1) is 0 Å². The van der Waals surface area contributed by atoms with Crippen LogP contribution in [0.4, 0.5) is 0 Å². The highest BCUT2D eigenvalue weighted by atomic mass is 17.8. The molecule has 0 heterocycles. The summed E-state index contributed by atoms with van der Waals surface area (Å²) >= 11 is 0. The monoisotopic (exact) mass is 280 g/mol. The lowest BCUT2D eigenvalue weighted by Gasteiger charge is -2.02. The van der Waals surface area contributed by atoms with Crippen LogP contribution in [0.1, 0.15) is 77.6 Å². The molecule has 1 N–H and O–H groups in total. The highest BCUT2D eigenvalue weighted by molar-refractivity contribution is 4.47. The van der Waals surface area contributed by atoms with Crippen molar-refractivity contribution in [1.29, 1.82) is 0 Å². The molecule has 0 aromatic rings. The SMILES string of the molecule is CCCCCCCCCCCCCOOOOOO. The summed E-state index contributed by atoms with van der Waals surface area (Å²) in [6.07, 6.45) is 14.0. The number of hydrogen-bond acceptors (Lipinski definition) is 6. The molecule has 0 unspecified atom stereocenters. The van der Waals surface area contributed by atoms with Gasteiger partial charge in [0.15, 0.2) is 0 Å². The van der Waals surface area contributed by atoms with Crippen LogP contribution >= 0.6 is 0 Å². The third-order valence-corrected chi connectivity index (χ3v) is 2.97. The second-order valence-corrected chi connectivity index (χ2v) is 4.64. The summed E-state index contributed by atoms with van der Waals surface area (Å²) in [5.74, 6) is 0. The molecule has 0 bridgehead atoms. The van der Waals surface area contributed by atoms with Crippen molar-refractivity contribution >= 4 is 0 Å². The first kappa shape index (κ1) is 18.8. The lowest BCUT2D eigenvalue weighted by Crippen LogP contribution is -1.99. The van der Waals surface area contributed by atoms with Crippen molar-refractivity contribution < 1.29 is 30.3 Å². The molecule has 6 nitrogen and oxygen atoms in total. The van der Waals surface area contributed by atoms with Gasteiger partial charge in [-0.3, -0.25) is 0 Å². The Kier molecular flexibility index (Phi) is 17.5. The maximum atomic E-state index is 7.69. The third-order valence-electron chi connectivity index (χ3n) is 2.97. The molecule has 0 spiro atoms. The average molecular weight is 280 g/mol. The van der Waals surface area contributed by atoms with Crippen LogP contribution in [0.5, 0.6) is 0 Å². The summed E-state index contributed by atoms with van der Waals surface area (Å²) in [5, 5.41) is 22.2. The Bertz CT molecular complexity index is 140. The van der Waals surface area contributed by atoms with Crippen LogP contribution in [0.25, 0.3) is 0 Å². The fourth-order valence-electron chi connectivity index (χ4n) is 1.90. The van der Waals surface area contributed by atoms with E-state index in [0.717, 1.165) is 12.8 Å². The van der Waals surface area contributed by atoms with E-state index < -0.39 is 0 Å². The van der Waals surface area contributed by atoms with Crippen molar-refractivity contribution in [3.63, 3.8) is 0 Å². The molecule has 0 rings (SSSR count). The van der Waals surface area contributed by atoms with E-state index in [9.17, 15) is 0 Å². The highest BCUT2D eigenvalue weighted by Gasteiger charge is 1.94. The number of hydrogen-bond donors (Lipinski definition) is 1. The molecule has 0 aromatic heterocycles. The Morgan fingerprint density at radius 2 is 1.16 bits per heavy atom. The van der Waals surface area contributed by atoms with E-state index in [1.54, 1.807) is 0 Å². The summed E-state index contributed by atoms with van der Waals surface area (Å²) in [4.78, 5) is 4.58. The van der Waals surface area contributed by atoms with Crippen LogP contribution in [0.2, 0.25) is 0 Å². The molecule has 0 aliphatic rings. The van der Waals surface area contributed by atoms with Gasteiger partial charge in [0.2, 0.25) is 0 Å². The smallest absolute Gasteiger partial charge is 0.0855 e. The fourth-order valence-corrected chi connectivity index (χ4v) is 1.90. The topological polar surface area (TPSA) is 66.4 Å². The first-order valence-electron chi connectivity index (χ1n) is 7.35. The molecule has 116 valence electrons. The number of rotatable bonds is 16. The summed E-state index contributed by atoms with van der Waals surface area (Å²) in [7, 11) is 0. The zero-order valence-electron chi connectivity index (χ0n) is 12.0. The lowest BCUT2D eigenvalue weighted by atomic mass is 10.1. The second kappa shape index (κ2) is 17.8. The van der Waals surface area contributed by atoms with Crippen LogP contribution in [-0.2, 0) is 25.0 Å². The van der Waals surface area contributed by atoms with Gasteiger partial charge in [0, 0.05) is 0 Å². The molecular weight excluding hydrogens is 252 g/mol. The molecule has 0 saturated heterocycles. The van der Waals surface area contributed by atoms with Crippen LogP contribution in [0.15, 0.2) is 0 Å². The van der Waals surface area contributed by atoms with Crippen molar-refractivity contribution in [2.24, 2.45) is 0 Å². The van der Waals surface area contributed by atoms with Gasteiger partial charge in [-0.2, -0.15) is 0 Å². The van der Waals surface area contributed by atoms with E-state index in [1.807, 2.05) is 0 Å². The maximum absolute atomic E-state index is 7.69. The van der Waals surface area contributed by atoms with E-state index in [-0.39, 0.29) is 0 Å². The van der Waals surface area contributed by atoms with E-state index in [4.69, 9.17) is 5.26 Å². The van der Waals surface area contributed by atoms with Gasteiger partial charge in [-0.05, 0) is 26.6 Å². The van der Waals surface area contributed by atoms with Gasteiger partial charge in [0.25, 0.3) is 0 Å². The zero-order chi connectivity index (χ0) is 14.0. The normalized spacial score (nSPS) is 11.1. The maximum Gasteiger partial charge on any atom is 0.0855 e. The van der Waals surface area contributed by atoms with Crippen LogP contribution in [0.3, 0.4) is 0 Å². The van der Waals surface area contributed by atoms with Crippen LogP contribution in [-0.4, -0.2) is 11.9 Å². The average Bonchev–Trinajstić information content (AvgIpc) is 2.43. The Morgan fingerprint density at radius 3 is 1.68 bits per heavy atom. The van der Waals surface area contributed by atoms with E-state index >= 15 is 0 Å². The Morgan fingerprint density at radius 1 is 0.632 bits per heavy atom. The van der Waals surface area contributed by atoms with Crippen LogP contribution < -0.4 is 0 Å². The van der Waals surface area contributed by atoms with Crippen molar-refractivity contribution in [2.45, 2.75) is 77.6 Å². The Balaban J connectivity index is 2.88. The van der Waals surface area contributed by atoms with Gasteiger partial charge < -0.3 is 0 Å². The molecule has 0 fully saturated rings. The van der Waals surface area contributed by atoms with Gasteiger partial charge in [-0.1, -0.05) is 71.1 Å². The van der Waals surface area contributed by atoms with E-state index in [1.165, 1.54) is 57.8 Å². The molecule has 0 saturated carbocycles. The second-order valence-electron chi connectivity index (χ2n) is 4.64. The van der Waals surface area contributed by atoms with Gasteiger partial charge in [0.1, 0.15) is 0 Å². The van der Waals surface area contributed by atoms with E-state index in [2.05, 4.69) is 32.0 Å². The minimum absolute atomic E-state index is 0.422. The molecule has 0 aliphatic carbocycles. The summed E-state index contributed by atoms with van der Waals surface area (Å²) in [6, 6.07) is 0. The van der Waals surface area contributed by atoms with Crippen molar-refractivity contribution in [3.8, 4) is 0 Å². The van der Waals surface area contributed by atoms with Gasteiger partial charge >= 0.3 is 0 Å². The minimum Gasteiger partial charge on any atom is -0.219 e. The number of unbranched alkanes of at least 4 members (excludes halogenated alkanes) is 10. The molecular formula is C13H28O6. The minimum atomic E-state index is 0.422. The van der Waals surface area contributed by atoms with E-state index in [0.29, 0.717) is 6.61 Å². The first-order chi connectivity index (χ1) is 9.41. The summed E-state index contributed by atoms with van der Waals surface area (Å²) < 4.78 is 0. The molecule has 0 radical (unpaired) electrons. The van der Waals surface area contributed by atoms with Crippen LogP contribution in [0, 0.1) is 0 Å². The summed E-state index contributed by atoms with van der Waals surface area (Å²) in [5.41, 5.74) is 0. The fraction of sp³-hybridized carbons (Fsp3) is 1.00. The zero-order valence-corrected chi connectivity index (χ0v) is 12.0. The molecule has 6 heteroatoms.